The van der Waals surface area contributed by atoms with Crippen molar-refractivity contribution in [3.8, 4) is 0 Å². The van der Waals surface area contributed by atoms with Crippen LogP contribution in [0.4, 0.5) is 0 Å². The number of hydrogen-bond donors (Lipinski definition) is 2. The molecule has 1 aromatic heterocycles. The van der Waals surface area contributed by atoms with Crippen molar-refractivity contribution in [2.45, 2.75) is 31.8 Å². The van der Waals surface area contributed by atoms with Crippen molar-refractivity contribution in [1.82, 2.24) is 10.2 Å². The van der Waals surface area contributed by atoms with Gasteiger partial charge in [-0.1, -0.05) is 6.42 Å². The van der Waals surface area contributed by atoms with Gasteiger partial charge in [0.05, 0.1) is 0 Å². The largest absolute Gasteiger partial charge is 0.477 e. The molecule has 5 heteroatoms. The Balaban J connectivity index is 1.75. The van der Waals surface area contributed by atoms with Gasteiger partial charge >= 0.3 is 5.97 Å². The molecule has 0 amide bonds. The lowest BCUT2D eigenvalue weighted by Gasteiger charge is -2.32. The monoisotopic (exact) mass is 268 g/mol. The van der Waals surface area contributed by atoms with Gasteiger partial charge in [0.15, 0.2) is 0 Å². The molecule has 0 spiro atoms. The van der Waals surface area contributed by atoms with Crippen molar-refractivity contribution in [2.75, 3.05) is 20.1 Å². The lowest BCUT2D eigenvalue weighted by atomic mass is 10.0. The zero-order valence-electron chi connectivity index (χ0n) is 10.7. The molecule has 4 nitrogen and oxygen atoms in total. The SMILES string of the molecule is CN1CCCCC1CNCc1ccc(C(=O)O)s1. The standard InChI is InChI=1S/C13H20N2O2S/c1-15-7-3-2-4-10(15)8-14-9-11-5-6-12(18-11)13(16)17/h5-6,10,14H,2-4,7-9H2,1H3,(H,16,17). The molecule has 0 radical (unpaired) electrons. The van der Waals surface area contributed by atoms with Gasteiger partial charge in [-0.25, -0.2) is 4.79 Å². The number of carboxylic acid groups (broad SMARTS) is 1. The van der Waals surface area contributed by atoms with Gasteiger partial charge in [-0.2, -0.15) is 0 Å². The average Bonchev–Trinajstić information content (AvgIpc) is 2.80. The normalized spacial score (nSPS) is 21.1. The zero-order chi connectivity index (χ0) is 13.0. The van der Waals surface area contributed by atoms with Crippen LogP contribution in [-0.4, -0.2) is 42.2 Å². The highest BCUT2D eigenvalue weighted by Crippen LogP contribution is 2.17. The Morgan fingerprint density at radius 2 is 2.39 bits per heavy atom. The summed E-state index contributed by atoms with van der Waals surface area (Å²) in [5.41, 5.74) is 0. The summed E-state index contributed by atoms with van der Waals surface area (Å²) in [4.78, 5) is 14.7. The molecule has 0 aliphatic carbocycles. The Labute approximate surface area is 112 Å². The first-order valence-corrected chi connectivity index (χ1v) is 7.21. The van der Waals surface area contributed by atoms with Gasteiger partial charge in [-0.05, 0) is 38.6 Å². The molecule has 0 bridgehead atoms. The van der Waals surface area contributed by atoms with Gasteiger partial charge in [-0.15, -0.1) is 11.3 Å². The van der Waals surface area contributed by atoms with E-state index in [1.165, 1.54) is 37.1 Å². The Morgan fingerprint density at radius 3 is 3.06 bits per heavy atom. The molecule has 1 fully saturated rings. The topological polar surface area (TPSA) is 52.6 Å². The van der Waals surface area contributed by atoms with Crippen LogP contribution in [-0.2, 0) is 6.54 Å². The van der Waals surface area contributed by atoms with Crippen LogP contribution < -0.4 is 5.32 Å². The summed E-state index contributed by atoms with van der Waals surface area (Å²) in [7, 11) is 2.18. The Hall–Kier alpha value is -0.910. The van der Waals surface area contributed by atoms with Crippen molar-refractivity contribution >= 4 is 17.3 Å². The van der Waals surface area contributed by atoms with Crippen molar-refractivity contribution < 1.29 is 9.90 Å². The van der Waals surface area contributed by atoms with E-state index in [1.807, 2.05) is 6.07 Å². The van der Waals surface area contributed by atoms with Gasteiger partial charge in [0.25, 0.3) is 0 Å². The van der Waals surface area contributed by atoms with E-state index in [-0.39, 0.29) is 0 Å². The molecule has 1 atom stereocenters. The van der Waals surface area contributed by atoms with Gasteiger partial charge in [0, 0.05) is 24.0 Å². The number of carboxylic acids is 1. The second-order valence-electron chi connectivity index (χ2n) is 4.83. The molecule has 2 N–H and O–H groups in total. The number of hydrogen-bond acceptors (Lipinski definition) is 4. The molecule has 0 aromatic carbocycles. The van der Waals surface area contributed by atoms with Crippen molar-refractivity contribution in [2.24, 2.45) is 0 Å². The van der Waals surface area contributed by atoms with Crippen molar-refractivity contribution in [3.63, 3.8) is 0 Å². The minimum Gasteiger partial charge on any atom is -0.477 e. The highest BCUT2D eigenvalue weighted by Gasteiger charge is 2.18. The van der Waals surface area contributed by atoms with E-state index in [0.29, 0.717) is 10.9 Å². The Bertz CT molecular complexity index is 405. The third-order valence-corrected chi connectivity index (χ3v) is 4.55. The van der Waals surface area contributed by atoms with Crippen LogP contribution in [0.5, 0.6) is 0 Å². The summed E-state index contributed by atoms with van der Waals surface area (Å²) in [6.07, 6.45) is 3.88. The Morgan fingerprint density at radius 1 is 1.56 bits per heavy atom. The average molecular weight is 268 g/mol. The molecule has 0 saturated carbocycles. The predicted octanol–water partition coefficient (Wildman–Crippen LogP) is 2.02. The first kappa shape index (κ1) is 13.5. The molecule has 1 aromatic rings. The summed E-state index contributed by atoms with van der Waals surface area (Å²) in [5, 5.41) is 12.3. The van der Waals surface area contributed by atoms with Gasteiger partial charge in [0.1, 0.15) is 4.88 Å². The summed E-state index contributed by atoms with van der Waals surface area (Å²) in [6.45, 7) is 2.94. The molecule has 1 saturated heterocycles. The lowest BCUT2D eigenvalue weighted by Crippen LogP contribution is -2.42. The zero-order valence-corrected chi connectivity index (χ0v) is 11.5. The number of thiophene rings is 1. The maximum absolute atomic E-state index is 10.8. The van der Waals surface area contributed by atoms with Crippen LogP contribution in [0.15, 0.2) is 12.1 Å². The Kier molecular flexibility index (Phi) is 4.74. The van der Waals surface area contributed by atoms with Crippen molar-refractivity contribution in [1.29, 1.82) is 0 Å². The first-order chi connectivity index (χ1) is 8.66. The number of nitrogens with zero attached hydrogens (tertiary/aromatic N) is 1. The molecule has 2 heterocycles. The smallest absolute Gasteiger partial charge is 0.345 e. The van der Waals surface area contributed by atoms with Gasteiger partial charge < -0.3 is 15.3 Å². The number of carbonyl (C=O) groups is 1. The highest BCUT2D eigenvalue weighted by molar-refractivity contribution is 7.13. The third kappa shape index (κ3) is 3.54. The van der Waals surface area contributed by atoms with Crippen LogP contribution in [0, 0.1) is 0 Å². The number of piperidine rings is 1. The van der Waals surface area contributed by atoms with E-state index >= 15 is 0 Å². The molecule has 100 valence electrons. The molecule has 2 rings (SSSR count). The number of rotatable bonds is 5. The fraction of sp³-hybridized carbons (Fsp3) is 0.615. The molecular formula is C13H20N2O2S. The summed E-state index contributed by atoms with van der Waals surface area (Å²) in [5.74, 6) is -0.835. The molecule has 1 aliphatic rings. The maximum atomic E-state index is 10.8. The second kappa shape index (κ2) is 6.31. The van der Waals surface area contributed by atoms with Gasteiger partial charge in [0.2, 0.25) is 0 Å². The second-order valence-corrected chi connectivity index (χ2v) is 6.00. The van der Waals surface area contributed by atoms with E-state index in [2.05, 4.69) is 17.3 Å². The number of nitrogens with one attached hydrogen (secondary N) is 1. The fourth-order valence-corrected chi connectivity index (χ4v) is 3.17. The first-order valence-electron chi connectivity index (χ1n) is 6.40. The lowest BCUT2D eigenvalue weighted by molar-refractivity contribution is 0.0702. The van der Waals surface area contributed by atoms with E-state index in [0.717, 1.165) is 18.0 Å². The highest BCUT2D eigenvalue weighted by atomic mass is 32.1. The van der Waals surface area contributed by atoms with E-state index in [4.69, 9.17) is 5.11 Å². The number of aromatic carboxylic acids is 1. The van der Waals surface area contributed by atoms with Crippen LogP contribution >= 0.6 is 11.3 Å². The van der Waals surface area contributed by atoms with Crippen LogP contribution in [0.25, 0.3) is 0 Å². The van der Waals surface area contributed by atoms with E-state index in [1.54, 1.807) is 6.07 Å². The van der Waals surface area contributed by atoms with Crippen LogP contribution in [0.1, 0.15) is 33.8 Å². The fourth-order valence-electron chi connectivity index (χ4n) is 2.35. The van der Waals surface area contributed by atoms with Crippen LogP contribution in [0.2, 0.25) is 0 Å². The van der Waals surface area contributed by atoms with Crippen LogP contribution in [0.3, 0.4) is 0 Å². The summed E-state index contributed by atoms with van der Waals surface area (Å²) in [6, 6.07) is 4.19. The number of likely N-dealkylation sites (tertiary alicyclic amines) is 1. The minimum atomic E-state index is -0.835. The molecule has 1 unspecified atom stereocenters. The van der Waals surface area contributed by atoms with Crippen molar-refractivity contribution in [3.05, 3.63) is 21.9 Å². The minimum absolute atomic E-state index is 0.418. The van der Waals surface area contributed by atoms with Gasteiger partial charge in [-0.3, -0.25) is 0 Å². The molecular weight excluding hydrogens is 248 g/mol. The number of likely N-dealkylation sites (N-methyl/N-ethyl adjacent to an activating group) is 1. The molecule has 18 heavy (non-hydrogen) atoms. The molecule has 1 aliphatic heterocycles. The third-order valence-electron chi connectivity index (χ3n) is 3.47. The van der Waals surface area contributed by atoms with E-state index in [9.17, 15) is 4.79 Å². The predicted molar refractivity (Wildman–Crippen MR) is 73.3 cm³/mol. The maximum Gasteiger partial charge on any atom is 0.345 e. The summed E-state index contributed by atoms with van der Waals surface area (Å²) < 4.78 is 0. The quantitative estimate of drug-likeness (QED) is 0.858. The summed E-state index contributed by atoms with van der Waals surface area (Å²) >= 11 is 1.35. The van der Waals surface area contributed by atoms with E-state index < -0.39 is 5.97 Å².